The molecule has 280 valence electrons. The van der Waals surface area contributed by atoms with Crippen LogP contribution in [0.2, 0.25) is 0 Å². The first-order valence-corrected chi connectivity index (χ1v) is 17.0. The number of aliphatic hydroxyl groups is 2. The molecule has 16 nitrogen and oxygen atoms in total. The SMILES string of the molecule is CC(O)C(NC(=O)C12CC3OC(=O)C1N(Cc1ccc(C=CC(=O)N(C)C)cc1)OC2C1OCOC31)C(=O)NC(CO)CCC(=O)OC(C)(C)C. The smallest absolute Gasteiger partial charge is 0.327 e. The van der Waals surface area contributed by atoms with Gasteiger partial charge >= 0.3 is 11.9 Å². The molecule has 1 aromatic rings. The van der Waals surface area contributed by atoms with Gasteiger partial charge in [-0.3, -0.25) is 28.8 Å². The molecule has 0 spiro atoms. The number of hydrogen-bond acceptors (Lipinski definition) is 13. The van der Waals surface area contributed by atoms with E-state index < -0.39 is 90.0 Å². The van der Waals surface area contributed by atoms with E-state index in [2.05, 4.69) is 10.6 Å². The molecule has 0 aromatic heterocycles. The molecule has 1 aliphatic carbocycles. The van der Waals surface area contributed by atoms with Crippen LogP contribution in [-0.2, 0) is 54.3 Å². The van der Waals surface area contributed by atoms with Crippen molar-refractivity contribution in [2.24, 2.45) is 5.41 Å². The zero-order valence-corrected chi connectivity index (χ0v) is 29.7. The summed E-state index contributed by atoms with van der Waals surface area (Å²) in [6.07, 6.45) is -1.57. The average Bonchev–Trinajstić information content (AvgIpc) is 3.68. The van der Waals surface area contributed by atoms with Gasteiger partial charge in [0.05, 0.1) is 25.3 Å². The second-order valence-corrected chi connectivity index (χ2v) is 14.6. The molecule has 5 rings (SSSR count). The third kappa shape index (κ3) is 8.26. The van der Waals surface area contributed by atoms with E-state index in [4.69, 9.17) is 23.8 Å². The summed E-state index contributed by atoms with van der Waals surface area (Å²) in [5.74, 6) is -2.90. The van der Waals surface area contributed by atoms with Crippen LogP contribution in [0.1, 0.15) is 58.1 Å². The minimum Gasteiger partial charge on any atom is -0.460 e. The number of carbonyl (C=O) groups is 5. The lowest BCUT2D eigenvalue weighted by Gasteiger charge is -2.49. The number of amides is 3. The molecule has 3 amide bonds. The normalized spacial score (nSPS) is 28.7. The Hall–Kier alpha value is -3.93. The summed E-state index contributed by atoms with van der Waals surface area (Å²) in [5.41, 5.74) is -0.788. The molecular formula is C35H48N4O12. The minimum absolute atomic E-state index is 0.00781. The van der Waals surface area contributed by atoms with Crippen LogP contribution < -0.4 is 10.6 Å². The number of hydrogen-bond donors (Lipinski definition) is 4. The van der Waals surface area contributed by atoms with E-state index >= 15 is 0 Å². The van der Waals surface area contributed by atoms with Crippen molar-refractivity contribution in [3.05, 3.63) is 41.5 Å². The van der Waals surface area contributed by atoms with Crippen LogP contribution in [0.5, 0.6) is 0 Å². The summed E-state index contributed by atoms with van der Waals surface area (Å²) in [4.78, 5) is 73.7. The number of hydroxylamine groups is 2. The number of esters is 2. The Bertz CT molecular complexity index is 1510. The Morgan fingerprint density at radius 2 is 1.80 bits per heavy atom. The van der Waals surface area contributed by atoms with E-state index in [0.29, 0.717) is 0 Å². The first kappa shape index (κ1) is 38.3. The fourth-order valence-corrected chi connectivity index (χ4v) is 6.93. The van der Waals surface area contributed by atoms with Crippen molar-refractivity contribution in [3.63, 3.8) is 0 Å². The molecular weight excluding hydrogens is 668 g/mol. The molecule has 4 fully saturated rings. The van der Waals surface area contributed by atoms with Crippen LogP contribution in [0.15, 0.2) is 30.3 Å². The lowest BCUT2D eigenvalue weighted by Crippen LogP contribution is -2.71. The van der Waals surface area contributed by atoms with E-state index in [-0.39, 0.29) is 38.5 Å². The van der Waals surface area contributed by atoms with Crippen LogP contribution in [0.25, 0.3) is 6.08 Å². The van der Waals surface area contributed by atoms with Crippen LogP contribution in [0.4, 0.5) is 0 Å². The summed E-state index contributed by atoms with van der Waals surface area (Å²) in [7, 11) is 3.31. The summed E-state index contributed by atoms with van der Waals surface area (Å²) < 4.78 is 22.7. The number of nitrogens with one attached hydrogen (secondary N) is 2. The maximum absolute atomic E-state index is 14.5. The van der Waals surface area contributed by atoms with Gasteiger partial charge in [0.1, 0.15) is 48.3 Å². The molecule has 1 saturated carbocycles. The fraction of sp³-hybridized carbons (Fsp3) is 0.629. The van der Waals surface area contributed by atoms with Crippen LogP contribution in [-0.4, -0.2) is 132 Å². The first-order valence-electron chi connectivity index (χ1n) is 17.0. The monoisotopic (exact) mass is 716 g/mol. The molecule has 51 heavy (non-hydrogen) atoms. The van der Waals surface area contributed by atoms with Gasteiger partial charge in [0.25, 0.3) is 0 Å². The lowest BCUT2D eigenvalue weighted by atomic mass is 9.62. The highest BCUT2D eigenvalue weighted by atomic mass is 16.8. The third-order valence-corrected chi connectivity index (χ3v) is 9.41. The maximum Gasteiger partial charge on any atom is 0.327 e. The van der Waals surface area contributed by atoms with Gasteiger partial charge in [0.15, 0.2) is 6.04 Å². The highest BCUT2D eigenvalue weighted by Gasteiger charge is 2.74. The van der Waals surface area contributed by atoms with E-state index in [1.165, 1.54) is 23.0 Å². The van der Waals surface area contributed by atoms with E-state index in [1.54, 1.807) is 65.2 Å². The molecule has 9 atom stereocenters. The van der Waals surface area contributed by atoms with E-state index in [9.17, 15) is 34.2 Å². The van der Waals surface area contributed by atoms with Gasteiger partial charge in [-0.05, 0) is 51.3 Å². The molecule has 9 unspecified atom stereocenters. The van der Waals surface area contributed by atoms with Crippen molar-refractivity contribution >= 4 is 35.7 Å². The summed E-state index contributed by atoms with van der Waals surface area (Å²) in [6.45, 7) is 5.97. The number of ether oxygens (including phenoxy) is 4. The highest BCUT2D eigenvalue weighted by molar-refractivity contribution is 5.96. The van der Waals surface area contributed by atoms with Gasteiger partial charge in [-0.15, -0.1) is 0 Å². The number of likely N-dealkylation sites (N-methyl/N-ethyl adjacent to an activating group) is 1. The number of nitrogens with zero attached hydrogens (tertiary/aromatic N) is 2. The fourth-order valence-electron chi connectivity index (χ4n) is 6.93. The average molecular weight is 717 g/mol. The van der Waals surface area contributed by atoms with Gasteiger partial charge in [0.2, 0.25) is 17.7 Å². The molecule has 16 heteroatoms. The molecule has 3 heterocycles. The van der Waals surface area contributed by atoms with Crippen LogP contribution in [0, 0.1) is 5.41 Å². The summed E-state index contributed by atoms with van der Waals surface area (Å²) in [6, 6.07) is 3.61. The second-order valence-electron chi connectivity index (χ2n) is 14.6. The third-order valence-electron chi connectivity index (χ3n) is 9.41. The zero-order valence-electron chi connectivity index (χ0n) is 29.7. The topological polar surface area (TPSA) is 202 Å². The van der Waals surface area contributed by atoms with Crippen molar-refractivity contribution in [3.8, 4) is 0 Å². The molecule has 3 aliphatic heterocycles. The zero-order chi connectivity index (χ0) is 37.2. The van der Waals surface area contributed by atoms with Crippen molar-refractivity contribution in [1.29, 1.82) is 0 Å². The molecule has 0 radical (unpaired) electrons. The van der Waals surface area contributed by atoms with Gasteiger partial charge in [-0.1, -0.05) is 24.3 Å². The van der Waals surface area contributed by atoms with Crippen molar-refractivity contribution in [2.45, 2.75) is 108 Å². The molecule has 4 aliphatic rings. The van der Waals surface area contributed by atoms with E-state index in [0.717, 1.165) is 11.1 Å². The maximum atomic E-state index is 14.5. The number of benzene rings is 1. The Balaban J connectivity index is 1.35. The number of carbonyl (C=O) groups excluding carboxylic acids is 5. The minimum atomic E-state index is -1.59. The first-order chi connectivity index (χ1) is 24.0. The summed E-state index contributed by atoms with van der Waals surface area (Å²) in [5, 5.41) is 27.3. The van der Waals surface area contributed by atoms with Gasteiger partial charge in [-0.25, -0.2) is 0 Å². The van der Waals surface area contributed by atoms with Gasteiger partial charge < -0.3 is 44.7 Å². The predicted octanol–water partition coefficient (Wildman–Crippen LogP) is -0.206. The predicted molar refractivity (Wildman–Crippen MR) is 178 cm³/mol. The quantitative estimate of drug-likeness (QED) is 0.155. The van der Waals surface area contributed by atoms with Crippen molar-refractivity contribution in [1.82, 2.24) is 20.6 Å². The Labute approximate surface area is 296 Å². The van der Waals surface area contributed by atoms with Crippen LogP contribution in [0.3, 0.4) is 0 Å². The van der Waals surface area contributed by atoms with Gasteiger partial charge in [-0.2, -0.15) is 5.06 Å². The lowest BCUT2D eigenvalue weighted by molar-refractivity contribution is -0.201. The Kier molecular flexibility index (Phi) is 11.5. The standard InChI is InChI=1S/C35H48N4O12/c1-19(41)26(31(44)36-22(17-40)12-14-25(43)50-34(2,3)4)37-33(46)35-15-23-27-28(48-18-47-27)30(35)51-39(29(35)32(45)49-23)16-21-9-7-20(8-10-21)11-13-24(42)38(5)6/h7-11,13,19,22-23,26-30,40-41H,12,14-18H2,1-6H3,(H,36,44)(H,37,46). The summed E-state index contributed by atoms with van der Waals surface area (Å²) >= 11 is 0. The Morgan fingerprint density at radius 1 is 1.12 bits per heavy atom. The Morgan fingerprint density at radius 3 is 2.43 bits per heavy atom. The van der Waals surface area contributed by atoms with Crippen molar-refractivity contribution < 1.29 is 58.0 Å². The van der Waals surface area contributed by atoms with E-state index in [1.807, 2.05) is 0 Å². The van der Waals surface area contributed by atoms with Gasteiger partial charge in [0, 0.05) is 33.0 Å². The second kappa shape index (κ2) is 15.4. The molecule has 4 N–H and O–H groups in total. The largest absolute Gasteiger partial charge is 0.460 e. The molecule has 1 aromatic carbocycles. The highest BCUT2D eigenvalue weighted by Crippen LogP contribution is 2.55. The van der Waals surface area contributed by atoms with Crippen molar-refractivity contribution in [2.75, 3.05) is 27.5 Å². The number of rotatable bonds is 13. The molecule has 2 bridgehead atoms. The molecule has 3 saturated heterocycles. The van der Waals surface area contributed by atoms with Crippen LogP contribution >= 0.6 is 0 Å². The number of fused-ring (bicyclic) bond motifs is 4. The number of aliphatic hydroxyl groups excluding tert-OH is 2.